The van der Waals surface area contributed by atoms with Crippen LogP contribution < -0.4 is 0 Å². The standard InChI is InChI=1S/C35H54O7/c1-22(2)27-15-13-26(14-16-27)11-7-9-24(5)20-40-35-33(38)32(37)31(21-41-35)42-34(39)25(6)10-8-12-28-17-18-29(23(3)4)19-30(28)36/h10,13,17,24,27,29-33,35-38H,1,3,7-9,11-12,14-16,18-21H2,2,4-6H3/b25-10+/t24-,27+,29-,30+,31-,32+,33-,35-/m1/s1. The molecule has 0 bridgehead atoms. The quantitative estimate of drug-likeness (QED) is 0.128. The predicted molar refractivity (Wildman–Crippen MR) is 165 cm³/mol. The number of hydrogen-bond acceptors (Lipinski definition) is 7. The van der Waals surface area contributed by atoms with Gasteiger partial charge >= 0.3 is 5.97 Å². The second-order valence-electron chi connectivity index (χ2n) is 12.9. The molecule has 0 saturated carbocycles. The molecule has 1 heterocycles. The van der Waals surface area contributed by atoms with Crippen LogP contribution in [0.2, 0.25) is 0 Å². The van der Waals surface area contributed by atoms with E-state index in [1.54, 1.807) is 13.0 Å². The average molecular weight is 587 g/mol. The molecule has 1 aliphatic heterocycles. The highest BCUT2D eigenvalue weighted by atomic mass is 16.7. The molecular weight excluding hydrogens is 532 g/mol. The highest BCUT2D eigenvalue weighted by Gasteiger charge is 2.41. The van der Waals surface area contributed by atoms with Crippen LogP contribution in [0.25, 0.3) is 0 Å². The molecule has 0 unspecified atom stereocenters. The van der Waals surface area contributed by atoms with E-state index in [1.807, 2.05) is 6.92 Å². The van der Waals surface area contributed by atoms with Gasteiger partial charge in [-0.15, -0.1) is 0 Å². The summed E-state index contributed by atoms with van der Waals surface area (Å²) in [6.07, 6.45) is 10.7. The normalized spacial score (nSPS) is 31.1. The van der Waals surface area contributed by atoms with Crippen molar-refractivity contribution in [3.8, 4) is 0 Å². The number of carbonyl (C=O) groups excluding carboxylic acids is 1. The average Bonchev–Trinajstić information content (AvgIpc) is 2.96. The van der Waals surface area contributed by atoms with Crippen LogP contribution in [-0.4, -0.2) is 65.2 Å². The Balaban J connectivity index is 1.34. The van der Waals surface area contributed by atoms with Crippen molar-refractivity contribution < 1.29 is 34.3 Å². The van der Waals surface area contributed by atoms with Crippen LogP contribution >= 0.6 is 0 Å². The molecule has 7 heteroatoms. The molecule has 0 amide bonds. The first-order valence-electron chi connectivity index (χ1n) is 15.8. The Bertz CT molecular complexity index is 1020. The Morgan fingerprint density at radius 2 is 1.79 bits per heavy atom. The van der Waals surface area contributed by atoms with E-state index in [0.717, 1.165) is 49.7 Å². The van der Waals surface area contributed by atoms with E-state index >= 15 is 0 Å². The van der Waals surface area contributed by atoms with Gasteiger partial charge in [0, 0.05) is 5.57 Å². The van der Waals surface area contributed by atoms with E-state index in [2.05, 4.69) is 39.2 Å². The lowest BCUT2D eigenvalue weighted by Gasteiger charge is -2.37. The maximum absolute atomic E-state index is 12.6. The van der Waals surface area contributed by atoms with Crippen LogP contribution in [0.4, 0.5) is 0 Å². The molecule has 0 aromatic carbocycles. The lowest BCUT2D eigenvalue weighted by molar-refractivity contribution is -0.275. The first kappa shape index (κ1) is 34.5. The molecule has 7 nitrogen and oxygen atoms in total. The summed E-state index contributed by atoms with van der Waals surface area (Å²) >= 11 is 0. The molecule has 2 aliphatic carbocycles. The van der Waals surface area contributed by atoms with E-state index in [1.165, 1.54) is 17.6 Å². The smallest absolute Gasteiger partial charge is 0.333 e. The lowest BCUT2D eigenvalue weighted by Crippen LogP contribution is -2.55. The maximum Gasteiger partial charge on any atom is 0.333 e. The SMILES string of the molecule is C=C(C)[C@@H]1CC=C(CC/C=C(\C)C(=O)O[C@@H]2CO[C@@H](OC[C@H](C)CCCC3=CC[C@H](C(=C)C)CC3)[C@H](O)[C@H]2O)[C@@H](O)C1. The number of carbonyl (C=O) groups is 1. The fourth-order valence-electron chi connectivity index (χ4n) is 5.99. The number of ether oxygens (including phenoxy) is 3. The number of aliphatic hydroxyl groups is 3. The summed E-state index contributed by atoms with van der Waals surface area (Å²) in [7, 11) is 0. The number of aliphatic hydroxyl groups excluding tert-OH is 3. The molecule has 0 aromatic heterocycles. The van der Waals surface area contributed by atoms with Crippen molar-refractivity contribution in [2.24, 2.45) is 17.8 Å². The monoisotopic (exact) mass is 586 g/mol. The van der Waals surface area contributed by atoms with Crippen LogP contribution in [0.15, 0.2) is 59.3 Å². The Hall–Kier alpha value is -2.03. The summed E-state index contributed by atoms with van der Waals surface area (Å²) in [5.41, 5.74) is 5.31. The fourth-order valence-corrected chi connectivity index (χ4v) is 5.99. The van der Waals surface area contributed by atoms with Crippen LogP contribution in [0.3, 0.4) is 0 Å². The second-order valence-corrected chi connectivity index (χ2v) is 12.9. The van der Waals surface area contributed by atoms with Crippen molar-refractivity contribution in [2.75, 3.05) is 13.2 Å². The molecule has 1 saturated heterocycles. The molecule has 0 spiro atoms. The number of hydrogen-bond donors (Lipinski definition) is 3. The molecule has 3 aliphatic rings. The molecule has 236 valence electrons. The maximum atomic E-state index is 12.6. The minimum Gasteiger partial charge on any atom is -0.454 e. The Morgan fingerprint density at radius 1 is 1.07 bits per heavy atom. The van der Waals surface area contributed by atoms with Gasteiger partial charge < -0.3 is 29.5 Å². The Labute approximate surface area is 253 Å². The summed E-state index contributed by atoms with van der Waals surface area (Å²) in [5.74, 6) is 0.662. The van der Waals surface area contributed by atoms with E-state index < -0.39 is 36.7 Å². The van der Waals surface area contributed by atoms with Crippen molar-refractivity contribution >= 4 is 5.97 Å². The van der Waals surface area contributed by atoms with Crippen molar-refractivity contribution in [1.82, 2.24) is 0 Å². The second kappa shape index (κ2) is 16.7. The van der Waals surface area contributed by atoms with E-state index in [-0.39, 0.29) is 12.5 Å². The third-order valence-corrected chi connectivity index (χ3v) is 9.14. The van der Waals surface area contributed by atoms with Crippen molar-refractivity contribution in [3.63, 3.8) is 0 Å². The topological polar surface area (TPSA) is 105 Å². The van der Waals surface area contributed by atoms with Gasteiger partial charge in [-0.3, -0.25) is 0 Å². The molecule has 0 aromatic rings. The largest absolute Gasteiger partial charge is 0.454 e. The number of allylic oxidation sites excluding steroid dienone is 6. The van der Waals surface area contributed by atoms with Crippen molar-refractivity contribution in [1.29, 1.82) is 0 Å². The highest BCUT2D eigenvalue weighted by Crippen LogP contribution is 2.32. The van der Waals surface area contributed by atoms with Gasteiger partial charge in [-0.25, -0.2) is 4.79 Å². The highest BCUT2D eigenvalue weighted by molar-refractivity contribution is 5.87. The van der Waals surface area contributed by atoms with Gasteiger partial charge in [-0.2, -0.15) is 0 Å². The number of rotatable bonds is 14. The first-order valence-corrected chi connectivity index (χ1v) is 15.8. The van der Waals surface area contributed by atoms with Gasteiger partial charge in [0.05, 0.1) is 19.3 Å². The van der Waals surface area contributed by atoms with Crippen LogP contribution in [0.1, 0.15) is 91.9 Å². The fraction of sp³-hybridized carbons (Fsp3) is 0.686. The van der Waals surface area contributed by atoms with Crippen LogP contribution in [-0.2, 0) is 19.0 Å². The van der Waals surface area contributed by atoms with Gasteiger partial charge in [-0.1, -0.05) is 55.0 Å². The summed E-state index contributed by atoms with van der Waals surface area (Å²) in [4.78, 5) is 12.6. The third-order valence-electron chi connectivity index (χ3n) is 9.14. The zero-order valence-electron chi connectivity index (χ0n) is 26.2. The first-order chi connectivity index (χ1) is 20.0. The van der Waals surface area contributed by atoms with Gasteiger partial charge in [0.25, 0.3) is 0 Å². The third kappa shape index (κ3) is 10.3. The zero-order chi connectivity index (χ0) is 30.8. The molecule has 42 heavy (non-hydrogen) atoms. The lowest BCUT2D eigenvalue weighted by atomic mass is 9.82. The van der Waals surface area contributed by atoms with Gasteiger partial charge in [0.1, 0.15) is 12.2 Å². The minimum absolute atomic E-state index is 0.0570. The summed E-state index contributed by atoms with van der Waals surface area (Å²) < 4.78 is 16.9. The summed E-state index contributed by atoms with van der Waals surface area (Å²) in [6.45, 7) is 16.3. The summed E-state index contributed by atoms with van der Waals surface area (Å²) in [5, 5.41) is 31.6. The van der Waals surface area contributed by atoms with E-state index in [0.29, 0.717) is 43.3 Å². The molecule has 0 radical (unpaired) electrons. The Kier molecular flexibility index (Phi) is 13.7. The molecule has 1 fully saturated rings. The van der Waals surface area contributed by atoms with Gasteiger partial charge in [0.15, 0.2) is 12.4 Å². The molecule has 3 rings (SSSR count). The predicted octanol–water partition coefficient (Wildman–Crippen LogP) is 6.10. The van der Waals surface area contributed by atoms with E-state index in [4.69, 9.17) is 14.2 Å². The molecule has 3 N–H and O–H groups in total. The van der Waals surface area contributed by atoms with Crippen LogP contribution in [0.5, 0.6) is 0 Å². The molecular formula is C35H54O7. The molecule has 8 atom stereocenters. The van der Waals surface area contributed by atoms with Crippen molar-refractivity contribution in [2.45, 2.75) is 123 Å². The van der Waals surface area contributed by atoms with Gasteiger partial charge in [0.2, 0.25) is 0 Å². The van der Waals surface area contributed by atoms with Crippen LogP contribution in [0, 0.1) is 17.8 Å². The minimum atomic E-state index is -1.32. The summed E-state index contributed by atoms with van der Waals surface area (Å²) in [6, 6.07) is 0. The van der Waals surface area contributed by atoms with Gasteiger partial charge in [-0.05, 0) is 108 Å². The Morgan fingerprint density at radius 3 is 2.43 bits per heavy atom. The van der Waals surface area contributed by atoms with E-state index in [9.17, 15) is 20.1 Å². The number of esters is 1. The van der Waals surface area contributed by atoms with Crippen molar-refractivity contribution in [3.05, 3.63) is 59.3 Å². The zero-order valence-corrected chi connectivity index (χ0v) is 26.2.